The maximum atomic E-state index is 13.1. The Morgan fingerprint density at radius 3 is 2.38 bits per heavy atom. The maximum Gasteiger partial charge on any atom is 0.435 e. The third-order valence-electron chi connectivity index (χ3n) is 2.60. The van der Waals surface area contributed by atoms with Crippen LogP contribution in [0.25, 0.3) is 0 Å². The van der Waals surface area contributed by atoms with Crippen LogP contribution in [-0.2, 0) is 15.7 Å². The molecule has 0 bridgehead atoms. The van der Waals surface area contributed by atoms with Crippen LogP contribution in [0.4, 0.5) is 13.2 Å². The van der Waals surface area contributed by atoms with Gasteiger partial charge in [-0.1, -0.05) is 5.21 Å². The van der Waals surface area contributed by atoms with Crippen LogP contribution >= 0.6 is 0 Å². The summed E-state index contributed by atoms with van der Waals surface area (Å²) in [5, 5.41) is 6.50. The van der Waals surface area contributed by atoms with Crippen LogP contribution in [0, 0.1) is 0 Å². The maximum absolute atomic E-state index is 13.1. The predicted molar refractivity (Wildman–Crippen MR) is 64.4 cm³/mol. The van der Waals surface area contributed by atoms with Gasteiger partial charge in [0.25, 0.3) is 0 Å². The van der Waals surface area contributed by atoms with Crippen LogP contribution in [0.1, 0.15) is 36.1 Å². The summed E-state index contributed by atoms with van der Waals surface area (Å²) in [6.07, 6.45) is -4.90. The van der Waals surface area contributed by atoms with Crippen molar-refractivity contribution in [3.05, 3.63) is 11.4 Å². The lowest BCUT2D eigenvalue weighted by atomic mass is 10.2. The van der Waals surface area contributed by atoms with Crippen molar-refractivity contribution < 1.29 is 27.5 Å². The van der Waals surface area contributed by atoms with Crippen molar-refractivity contribution in [1.82, 2.24) is 19.9 Å². The Morgan fingerprint density at radius 2 is 1.95 bits per heavy atom. The molecule has 0 aliphatic rings. The molecular formula is C11H15F3N4O3. The summed E-state index contributed by atoms with van der Waals surface area (Å²) in [6.45, 7) is 2.59. The van der Waals surface area contributed by atoms with Crippen LogP contribution in [0.3, 0.4) is 0 Å². The first-order chi connectivity index (χ1) is 9.61. The molecule has 1 unspecified atom stereocenters. The molecule has 0 aromatic carbocycles. The fourth-order valence-electron chi connectivity index (χ4n) is 1.64. The molecule has 0 fully saturated rings. The smallest absolute Gasteiger partial charge is 0.435 e. The van der Waals surface area contributed by atoms with Crippen LogP contribution in [0.2, 0.25) is 0 Å². The van der Waals surface area contributed by atoms with E-state index in [2.05, 4.69) is 15.0 Å². The number of alkyl halides is 3. The zero-order valence-electron chi connectivity index (χ0n) is 11.9. The second-order valence-corrected chi connectivity index (χ2v) is 4.36. The van der Waals surface area contributed by atoms with Crippen LogP contribution in [0.5, 0.6) is 0 Å². The molecule has 118 valence electrons. The molecule has 1 heterocycles. The number of amides is 1. The van der Waals surface area contributed by atoms with E-state index in [0.29, 0.717) is 4.68 Å². The number of aromatic nitrogens is 3. The molecule has 1 amide bonds. The molecule has 0 aliphatic heterocycles. The van der Waals surface area contributed by atoms with E-state index in [1.165, 1.54) is 27.9 Å². The molecule has 0 radical (unpaired) electrons. The van der Waals surface area contributed by atoms with Gasteiger partial charge in [0.05, 0.1) is 6.61 Å². The van der Waals surface area contributed by atoms with Gasteiger partial charge in [0, 0.05) is 14.1 Å². The van der Waals surface area contributed by atoms with E-state index in [1.54, 1.807) is 0 Å². The SMILES string of the molecule is CCOC(=O)c1nnn(C(C)C(=O)N(C)C)c1C(F)(F)F. The Hall–Kier alpha value is -2.13. The third-order valence-corrected chi connectivity index (χ3v) is 2.60. The molecule has 0 aliphatic carbocycles. The van der Waals surface area contributed by atoms with Crippen molar-refractivity contribution in [2.45, 2.75) is 26.1 Å². The van der Waals surface area contributed by atoms with Gasteiger partial charge in [-0.2, -0.15) is 13.2 Å². The second kappa shape index (κ2) is 6.10. The molecular weight excluding hydrogens is 293 g/mol. The first kappa shape index (κ1) is 16.9. The number of halogens is 3. The first-order valence-electron chi connectivity index (χ1n) is 6.01. The Labute approximate surface area is 118 Å². The number of carbonyl (C=O) groups excluding carboxylic acids is 2. The standard InChI is InChI=1S/C11H15F3N4O3/c1-5-21-10(20)7-8(11(12,13)14)18(16-15-7)6(2)9(19)17(3)4/h6H,5H2,1-4H3. The molecule has 1 rings (SSSR count). The summed E-state index contributed by atoms with van der Waals surface area (Å²) in [5.41, 5.74) is -2.36. The average molecular weight is 308 g/mol. The van der Waals surface area contributed by atoms with Gasteiger partial charge in [-0.3, -0.25) is 4.79 Å². The number of nitrogens with zero attached hydrogens (tertiary/aromatic N) is 4. The van der Waals surface area contributed by atoms with E-state index in [9.17, 15) is 22.8 Å². The highest BCUT2D eigenvalue weighted by atomic mass is 19.4. The number of hydrogen-bond donors (Lipinski definition) is 0. The normalized spacial score (nSPS) is 12.9. The minimum Gasteiger partial charge on any atom is -0.461 e. The molecule has 0 spiro atoms. The van der Waals surface area contributed by atoms with E-state index >= 15 is 0 Å². The van der Waals surface area contributed by atoms with Gasteiger partial charge in [0.15, 0.2) is 5.69 Å². The molecule has 0 saturated heterocycles. The fourth-order valence-corrected chi connectivity index (χ4v) is 1.64. The summed E-state index contributed by atoms with van der Waals surface area (Å²) in [6, 6.07) is -1.26. The molecule has 21 heavy (non-hydrogen) atoms. The van der Waals surface area contributed by atoms with Gasteiger partial charge in [-0.05, 0) is 13.8 Å². The quantitative estimate of drug-likeness (QED) is 0.779. The Bertz CT molecular complexity index is 539. The fraction of sp³-hybridized carbons (Fsp3) is 0.636. The number of carbonyl (C=O) groups is 2. The van der Waals surface area contributed by atoms with Gasteiger partial charge >= 0.3 is 12.1 Å². The van der Waals surface area contributed by atoms with Gasteiger partial charge in [0.2, 0.25) is 11.6 Å². The van der Waals surface area contributed by atoms with E-state index < -0.39 is 35.5 Å². The van der Waals surface area contributed by atoms with Gasteiger partial charge in [-0.15, -0.1) is 5.10 Å². The number of rotatable bonds is 4. The van der Waals surface area contributed by atoms with Crippen molar-refractivity contribution in [2.75, 3.05) is 20.7 Å². The van der Waals surface area contributed by atoms with Crippen LogP contribution < -0.4 is 0 Å². The lowest BCUT2D eigenvalue weighted by Crippen LogP contribution is -2.33. The second-order valence-electron chi connectivity index (χ2n) is 4.36. The monoisotopic (exact) mass is 308 g/mol. The average Bonchev–Trinajstić information content (AvgIpc) is 2.81. The van der Waals surface area contributed by atoms with E-state index in [1.807, 2.05) is 0 Å². The lowest BCUT2D eigenvalue weighted by molar-refractivity contribution is -0.147. The van der Waals surface area contributed by atoms with E-state index in [0.717, 1.165) is 4.90 Å². The number of hydrogen-bond acceptors (Lipinski definition) is 5. The Balaban J connectivity index is 3.35. The summed E-state index contributed by atoms with van der Waals surface area (Å²) in [5.74, 6) is -1.85. The summed E-state index contributed by atoms with van der Waals surface area (Å²) in [7, 11) is 2.80. The molecule has 1 aromatic rings. The minimum absolute atomic E-state index is 0.102. The highest BCUT2D eigenvalue weighted by molar-refractivity contribution is 5.89. The zero-order valence-corrected chi connectivity index (χ0v) is 11.9. The van der Waals surface area contributed by atoms with Crippen molar-refractivity contribution in [3.8, 4) is 0 Å². The number of likely N-dealkylation sites (N-methyl/N-ethyl adjacent to an activating group) is 1. The highest BCUT2D eigenvalue weighted by Gasteiger charge is 2.43. The Kier molecular flexibility index (Phi) is 4.92. The first-order valence-corrected chi connectivity index (χ1v) is 6.01. The summed E-state index contributed by atoms with van der Waals surface area (Å²) < 4.78 is 44.3. The topological polar surface area (TPSA) is 77.3 Å². The van der Waals surface area contributed by atoms with Crippen LogP contribution in [0.15, 0.2) is 0 Å². The third kappa shape index (κ3) is 3.50. The largest absolute Gasteiger partial charge is 0.461 e. The minimum atomic E-state index is -4.90. The lowest BCUT2D eigenvalue weighted by Gasteiger charge is -2.19. The van der Waals surface area contributed by atoms with Crippen LogP contribution in [-0.4, -0.2) is 52.5 Å². The van der Waals surface area contributed by atoms with Crippen molar-refractivity contribution in [1.29, 1.82) is 0 Å². The van der Waals surface area contributed by atoms with E-state index in [4.69, 9.17) is 0 Å². The summed E-state index contributed by atoms with van der Waals surface area (Å²) >= 11 is 0. The van der Waals surface area contributed by atoms with Crippen molar-refractivity contribution in [3.63, 3.8) is 0 Å². The number of esters is 1. The van der Waals surface area contributed by atoms with Crippen molar-refractivity contribution >= 4 is 11.9 Å². The van der Waals surface area contributed by atoms with Gasteiger partial charge in [-0.25, -0.2) is 9.48 Å². The summed E-state index contributed by atoms with van der Waals surface area (Å²) in [4.78, 5) is 24.4. The Morgan fingerprint density at radius 1 is 1.38 bits per heavy atom. The van der Waals surface area contributed by atoms with E-state index in [-0.39, 0.29) is 6.61 Å². The zero-order chi connectivity index (χ0) is 16.4. The van der Waals surface area contributed by atoms with Gasteiger partial charge in [0.1, 0.15) is 6.04 Å². The molecule has 0 N–H and O–H groups in total. The van der Waals surface area contributed by atoms with Crippen molar-refractivity contribution in [2.24, 2.45) is 0 Å². The molecule has 10 heteroatoms. The molecule has 0 saturated carbocycles. The predicted octanol–water partition coefficient (Wildman–Crippen LogP) is 1.12. The molecule has 1 atom stereocenters. The number of ether oxygens (including phenoxy) is 1. The molecule has 1 aromatic heterocycles. The highest BCUT2D eigenvalue weighted by Crippen LogP contribution is 2.33. The van der Waals surface area contributed by atoms with Gasteiger partial charge < -0.3 is 9.64 Å². The molecule has 7 nitrogen and oxygen atoms in total.